The van der Waals surface area contributed by atoms with E-state index < -0.39 is 11.9 Å². The molecule has 7 nitrogen and oxygen atoms in total. The first-order chi connectivity index (χ1) is 13.4. The van der Waals surface area contributed by atoms with Crippen LogP contribution in [0.1, 0.15) is 38.1 Å². The molecule has 0 aliphatic carbocycles. The van der Waals surface area contributed by atoms with Crippen LogP contribution in [0, 0.1) is 19.3 Å². The molecule has 2 heterocycles. The Labute approximate surface area is 165 Å². The number of amides is 1. The molecule has 0 atom stereocenters. The van der Waals surface area contributed by atoms with E-state index in [-0.39, 0.29) is 11.1 Å². The third-order valence-corrected chi connectivity index (χ3v) is 5.43. The van der Waals surface area contributed by atoms with Gasteiger partial charge in [0.15, 0.2) is 11.3 Å². The number of rotatable bonds is 5. The van der Waals surface area contributed by atoms with E-state index in [9.17, 15) is 9.59 Å². The number of carbonyl (C=O) groups is 2. The molecular formula is C20H20N2O5S. The van der Waals surface area contributed by atoms with Crippen LogP contribution in [0.15, 0.2) is 28.7 Å². The number of fused-ring (bicyclic) bond motifs is 1. The predicted octanol–water partition coefficient (Wildman–Crippen LogP) is 4.03. The van der Waals surface area contributed by atoms with Gasteiger partial charge in [-0.25, -0.2) is 4.79 Å². The third kappa shape index (κ3) is 3.50. The normalized spacial score (nSPS) is 10.7. The number of methoxy groups -OCH3 is 1. The lowest BCUT2D eigenvalue weighted by molar-refractivity contribution is 0.0601. The van der Waals surface area contributed by atoms with Crippen LogP contribution >= 0.6 is 11.3 Å². The first-order valence-electron chi connectivity index (χ1n) is 8.61. The summed E-state index contributed by atoms with van der Waals surface area (Å²) in [5, 5.41) is 11.9. The minimum absolute atomic E-state index is 0.0562. The molecule has 0 spiro atoms. The Bertz CT molecular complexity index is 1130. The van der Waals surface area contributed by atoms with Gasteiger partial charge in [-0.15, -0.1) is 11.3 Å². The van der Waals surface area contributed by atoms with Crippen molar-refractivity contribution in [2.75, 3.05) is 19.0 Å². The summed E-state index contributed by atoms with van der Waals surface area (Å²) in [5.74, 6) is -0.547. The van der Waals surface area contributed by atoms with Gasteiger partial charge in [0.05, 0.1) is 19.3 Å². The van der Waals surface area contributed by atoms with E-state index in [2.05, 4.69) is 5.32 Å². The zero-order valence-corrected chi connectivity index (χ0v) is 16.8. The number of benzene rings is 1. The van der Waals surface area contributed by atoms with Crippen LogP contribution in [0.3, 0.4) is 0 Å². The highest BCUT2D eigenvalue weighted by molar-refractivity contribution is 7.16. The minimum atomic E-state index is -0.538. The van der Waals surface area contributed by atoms with Gasteiger partial charge in [-0.2, -0.15) is 0 Å². The van der Waals surface area contributed by atoms with Crippen molar-refractivity contribution in [3.05, 3.63) is 51.4 Å². The van der Waals surface area contributed by atoms with E-state index >= 15 is 0 Å². The molecule has 3 aromatic rings. The van der Waals surface area contributed by atoms with Crippen LogP contribution in [0.25, 0.3) is 11.0 Å². The van der Waals surface area contributed by atoms with Crippen LogP contribution in [-0.4, -0.2) is 25.6 Å². The number of carbonyl (C=O) groups excluding carboxylic acids is 2. The fraction of sp³-hybridized carbons (Fsp3) is 0.250. The summed E-state index contributed by atoms with van der Waals surface area (Å²) in [7, 11) is 1.29. The molecule has 0 saturated carbocycles. The molecule has 28 heavy (non-hydrogen) atoms. The largest absolute Gasteiger partial charge is 0.490 e. The highest BCUT2D eigenvalue weighted by atomic mass is 32.1. The molecule has 1 amide bonds. The summed E-state index contributed by atoms with van der Waals surface area (Å²) >= 11 is 1.28. The first-order valence-corrected chi connectivity index (χ1v) is 9.42. The second-order valence-electron chi connectivity index (χ2n) is 6.03. The van der Waals surface area contributed by atoms with Gasteiger partial charge in [0.1, 0.15) is 10.6 Å². The number of ether oxygens (including phenoxy) is 2. The number of esters is 1. The predicted molar refractivity (Wildman–Crippen MR) is 106 cm³/mol. The molecule has 1 aromatic carbocycles. The van der Waals surface area contributed by atoms with Gasteiger partial charge in [-0.1, -0.05) is 12.1 Å². The quantitative estimate of drug-likeness (QED) is 0.630. The van der Waals surface area contributed by atoms with E-state index in [0.717, 1.165) is 10.4 Å². The Hall–Kier alpha value is -3.13. The van der Waals surface area contributed by atoms with Crippen molar-refractivity contribution >= 4 is 39.2 Å². The van der Waals surface area contributed by atoms with E-state index in [4.69, 9.17) is 19.3 Å². The van der Waals surface area contributed by atoms with Gasteiger partial charge >= 0.3 is 5.97 Å². The van der Waals surface area contributed by atoms with Crippen molar-refractivity contribution in [2.45, 2.75) is 20.8 Å². The lowest BCUT2D eigenvalue weighted by Gasteiger charge is -2.09. The first kappa shape index (κ1) is 19.6. The number of hydrogen-bond acceptors (Lipinski definition) is 7. The van der Waals surface area contributed by atoms with Gasteiger partial charge in [0.25, 0.3) is 5.91 Å². The zero-order chi connectivity index (χ0) is 20.4. The summed E-state index contributed by atoms with van der Waals surface area (Å²) in [6.45, 7) is 5.96. The maximum absolute atomic E-state index is 12.8. The Morgan fingerprint density at radius 1 is 1.29 bits per heavy atom. The number of thiophene rings is 1. The van der Waals surface area contributed by atoms with Gasteiger partial charge in [-0.3, -0.25) is 10.2 Å². The van der Waals surface area contributed by atoms with Crippen LogP contribution in [0.5, 0.6) is 5.75 Å². The molecule has 2 N–H and O–H groups in total. The van der Waals surface area contributed by atoms with Gasteiger partial charge in [0, 0.05) is 10.3 Å². The summed E-state index contributed by atoms with van der Waals surface area (Å²) < 4.78 is 15.9. The van der Waals surface area contributed by atoms with E-state index in [0.29, 0.717) is 33.9 Å². The second-order valence-corrected chi connectivity index (χ2v) is 7.25. The third-order valence-electron chi connectivity index (χ3n) is 4.30. The van der Waals surface area contributed by atoms with Crippen molar-refractivity contribution in [2.24, 2.45) is 0 Å². The van der Waals surface area contributed by atoms with Crippen LogP contribution in [-0.2, 0) is 4.74 Å². The fourth-order valence-electron chi connectivity index (χ4n) is 2.80. The van der Waals surface area contributed by atoms with Crippen molar-refractivity contribution in [3.8, 4) is 5.75 Å². The number of anilines is 1. The Morgan fingerprint density at radius 2 is 2.04 bits per heavy atom. The average molecular weight is 400 g/mol. The maximum atomic E-state index is 12.8. The lowest BCUT2D eigenvalue weighted by Crippen LogP contribution is -2.21. The van der Waals surface area contributed by atoms with Crippen molar-refractivity contribution in [1.29, 1.82) is 5.41 Å². The van der Waals surface area contributed by atoms with Crippen LogP contribution in [0.4, 0.5) is 5.00 Å². The highest BCUT2D eigenvalue weighted by Crippen LogP contribution is 2.33. The van der Waals surface area contributed by atoms with Crippen molar-refractivity contribution in [1.82, 2.24) is 0 Å². The smallest absolute Gasteiger partial charge is 0.341 e. The number of aryl methyl sites for hydroxylation is 1. The van der Waals surface area contributed by atoms with Gasteiger partial charge < -0.3 is 19.2 Å². The second kappa shape index (κ2) is 7.85. The molecule has 0 aliphatic heterocycles. The van der Waals surface area contributed by atoms with Crippen molar-refractivity contribution in [3.63, 3.8) is 0 Å². The average Bonchev–Trinajstić information content (AvgIpc) is 2.94. The molecule has 0 fully saturated rings. The maximum Gasteiger partial charge on any atom is 0.341 e. The standard InChI is InChI=1S/C20H20N2O5S/c1-5-26-14-8-6-7-12-9-13(17(21)27-16(12)14)18(23)22-19-15(20(24)25-4)10(2)11(3)28-19/h6-9,21H,5H2,1-4H3,(H,22,23). The molecule has 146 valence electrons. The van der Waals surface area contributed by atoms with Crippen LogP contribution < -0.4 is 15.6 Å². The minimum Gasteiger partial charge on any atom is -0.490 e. The Balaban J connectivity index is 2.01. The topological polar surface area (TPSA) is 102 Å². The van der Waals surface area contributed by atoms with E-state index in [1.54, 1.807) is 31.2 Å². The van der Waals surface area contributed by atoms with Gasteiger partial charge in [0.2, 0.25) is 5.55 Å². The summed E-state index contributed by atoms with van der Waals surface area (Å²) in [4.78, 5) is 25.8. The fourth-order valence-corrected chi connectivity index (χ4v) is 3.85. The molecular weight excluding hydrogens is 380 g/mol. The Morgan fingerprint density at radius 3 is 2.71 bits per heavy atom. The summed E-state index contributed by atoms with van der Waals surface area (Å²) in [6, 6.07) is 6.88. The molecule has 2 aromatic heterocycles. The number of nitrogens with one attached hydrogen (secondary N) is 2. The van der Waals surface area contributed by atoms with Crippen LogP contribution in [0.2, 0.25) is 0 Å². The Kier molecular flexibility index (Phi) is 5.51. The molecule has 0 radical (unpaired) electrons. The van der Waals surface area contributed by atoms with E-state index in [1.807, 2.05) is 13.8 Å². The molecule has 3 rings (SSSR count). The van der Waals surface area contributed by atoms with Crippen molar-refractivity contribution < 1.29 is 23.5 Å². The summed E-state index contributed by atoms with van der Waals surface area (Å²) in [5.41, 5.74) is 1.25. The van der Waals surface area contributed by atoms with E-state index in [1.165, 1.54) is 18.4 Å². The highest BCUT2D eigenvalue weighted by Gasteiger charge is 2.23. The molecule has 0 aliphatic rings. The summed E-state index contributed by atoms with van der Waals surface area (Å²) in [6.07, 6.45) is 0. The number of para-hydroxylation sites is 1. The zero-order valence-electron chi connectivity index (χ0n) is 16.0. The molecule has 0 saturated heterocycles. The van der Waals surface area contributed by atoms with Gasteiger partial charge in [-0.05, 0) is 38.5 Å². The molecule has 8 heteroatoms. The monoisotopic (exact) mass is 400 g/mol. The number of hydrogen-bond donors (Lipinski definition) is 2. The molecule has 0 bridgehead atoms. The SMILES string of the molecule is CCOc1cccc2cc(C(=O)Nc3sc(C)c(C)c3C(=O)OC)c(=N)oc12. The molecule has 0 unspecified atom stereocenters. The lowest BCUT2D eigenvalue weighted by atomic mass is 10.1.